The van der Waals surface area contributed by atoms with Crippen molar-refractivity contribution in [1.29, 1.82) is 0 Å². The standard InChI is InChI=1S/C10H15/c1-2-3-4-5-6-7-10-8-9-10/h10H,3-9H2. The zero-order valence-corrected chi connectivity index (χ0v) is 6.53. The lowest BCUT2D eigenvalue weighted by Gasteiger charge is -1.95. The lowest BCUT2D eigenvalue weighted by atomic mass is 10.1. The Kier molecular flexibility index (Phi) is 3.36. The summed E-state index contributed by atoms with van der Waals surface area (Å²) in [6, 6.07) is 0. The van der Waals surface area contributed by atoms with E-state index in [1.807, 2.05) is 0 Å². The summed E-state index contributed by atoms with van der Waals surface area (Å²) >= 11 is 0. The molecule has 1 saturated carbocycles. The highest BCUT2D eigenvalue weighted by atomic mass is 14.2. The molecule has 0 atom stereocenters. The predicted octanol–water partition coefficient (Wildman–Crippen LogP) is 2.94. The summed E-state index contributed by atoms with van der Waals surface area (Å²) in [6.07, 6.45) is 15.8. The summed E-state index contributed by atoms with van der Waals surface area (Å²) in [6.45, 7) is 0. The van der Waals surface area contributed by atoms with E-state index in [0.717, 1.165) is 12.3 Å². The molecule has 0 bridgehead atoms. The van der Waals surface area contributed by atoms with E-state index < -0.39 is 0 Å². The smallest absolute Gasteiger partial charge is 0.00989 e. The Morgan fingerprint density at radius 2 is 2.00 bits per heavy atom. The van der Waals surface area contributed by atoms with Crippen LogP contribution in [0.4, 0.5) is 0 Å². The summed E-state index contributed by atoms with van der Waals surface area (Å²) < 4.78 is 0. The number of hydrogen-bond acceptors (Lipinski definition) is 0. The van der Waals surface area contributed by atoms with Gasteiger partial charge in [-0.15, -0.1) is 0 Å². The van der Waals surface area contributed by atoms with E-state index in [1.54, 1.807) is 0 Å². The van der Waals surface area contributed by atoms with Crippen molar-refractivity contribution in [2.24, 2.45) is 5.92 Å². The maximum Gasteiger partial charge on any atom is 0.00989 e. The fraction of sp³-hybridized carbons (Fsp3) is 0.800. The molecule has 55 valence electrons. The second-order valence-corrected chi connectivity index (χ2v) is 3.22. The van der Waals surface area contributed by atoms with Crippen molar-refractivity contribution in [3.05, 3.63) is 6.42 Å². The van der Waals surface area contributed by atoms with Gasteiger partial charge in [0.15, 0.2) is 0 Å². The maximum absolute atomic E-state index is 6.69. The van der Waals surface area contributed by atoms with E-state index in [4.69, 9.17) is 6.42 Å². The lowest BCUT2D eigenvalue weighted by molar-refractivity contribution is 0.609. The molecule has 1 rings (SSSR count). The lowest BCUT2D eigenvalue weighted by Crippen LogP contribution is -1.78. The molecule has 0 aliphatic heterocycles. The molecule has 0 heteroatoms. The molecule has 0 unspecified atom stereocenters. The van der Waals surface area contributed by atoms with Gasteiger partial charge in [-0.2, -0.15) is 0 Å². The van der Waals surface area contributed by atoms with Gasteiger partial charge in [0.25, 0.3) is 0 Å². The third-order valence-corrected chi connectivity index (χ3v) is 2.11. The third-order valence-electron chi connectivity index (χ3n) is 2.11. The van der Waals surface area contributed by atoms with Crippen LogP contribution in [0.1, 0.15) is 44.9 Å². The molecule has 0 spiro atoms. The summed E-state index contributed by atoms with van der Waals surface area (Å²) in [5.41, 5.74) is 0. The van der Waals surface area contributed by atoms with Crippen LogP contribution in [0.15, 0.2) is 0 Å². The largest absolute Gasteiger partial charge is 0.0891 e. The van der Waals surface area contributed by atoms with Gasteiger partial charge in [-0.1, -0.05) is 38.0 Å². The molecular weight excluding hydrogens is 120 g/mol. The van der Waals surface area contributed by atoms with Gasteiger partial charge in [-0.25, -0.2) is 0 Å². The minimum Gasteiger partial charge on any atom is -0.0891 e. The maximum atomic E-state index is 6.69. The predicted molar refractivity (Wildman–Crippen MR) is 42.9 cm³/mol. The highest BCUT2D eigenvalue weighted by molar-refractivity contribution is 4.75. The monoisotopic (exact) mass is 135 g/mol. The SMILES string of the molecule is [C]#CCCCCCC1CC1. The Bertz CT molecular complexity index is 114. The van der Waals surface area contributed by atoms with Gasteiger partial charge in [0.1, 0.15) is 0 Å². The average molecular weight is 135 g/mol. The van der Waals surface area contributed by atoms with Crippen molar-refractivity contribution in [2.45, 2.75) is 44.9 Å². The van der Waals surface area contributed by atoms with Crippen LogP contribution in [-0.4, -0.2) is 0 Å². The van der Waals surface area contributed by atoms with Crippen molar-refractivity contribution in [1.82, 2.24) is 0 Å². The van der Waals surface area contributed by atoms with E-state index in [-0.39, 0.29) is 0 Å². The van der Waals surface area contributed by atoms with Gasteiger partial charge < -0.3 is 0 Å². The molecule has 0 heterocycles. The summed E-state index contributed by atoms with van der Waals surface area (Å²) in [5.74, 6) is 3.51. The van der Waals surface area contributed by atoms with E-state index in [9.17, 15) is 0 Å². The zero-order chi connectivity index (χ0) is 7.23. The van der Waals surface area contributed by atoms with Gasteiger partial charge >= 0.3 is 0 Å². The van der Waals surface area contributed by atoms with Crippen molar-refractivity contribution < 1.29 is 0 Å². The fourth-order valence-corrected chi connectivity index (χ4v) is 1.23. The molecular formula is C10H15. The molecule has 1 fully saturated rings. The van der Waals surface area contributed by atoms with Crippen LogP contribution in [0.5, 0.6) is 0 Å². The first-order valence-electron chi connectivity index (χ1n) is 4.33. The van der Waals surface area contributed by atoms with Crippen molar-refractivity contribution in [3.8, 4) is 5.92 Å². The van der Waals surface area contributed by atoms with Crippen molar-refractivity contribution >= 4 is 0 Å². The Labute approximate surface area is 64.0 Å². The quantitative estimate of drug-likeness (QED) is 0.401. The van der Waals surface area contributed by atoms with Crippen LogP contribution in [0, 0.1) is 18.3 Å². The van der Waals surface area contributed by atoms with Crippen LogP contribution >= 0.6 is 0 Å². The normalized spacial score (nSPS) is 16.7. The van der Waals surface area contributed by atoms with Crippen molar-refractivity contribution in [3.63, 3.8) is 0 Å². The minimum atomic E-state index is 0.866. The number of rotatable bonds is 5. The number of hydrogen-bond donors (Lipinski definition) is 0. The molecule has 0 aromatic rings. The molecule has 1 radical (unpaired) electrons. The summed E-state index contributed by atoms with van der Waals surface area (Å²) in [5, 5.41) is 0. The van der Waals surface area contributed by atoms with Gasteiger partial charge in [0, 0.05) is 6.42 Å². The molecule has 0 saturated heterocycles. The van der Waals surface area contributed by atoms with Gasteiger partial charge in [-0.3, -0.25) is 0 Å². The van der Waals surface area contributed by atoms with E-state index >= 15 is 0 Å². The van der Waals surface area contributed by atoms with Gasteiger partial charge in [0.2, 0.25) is 0 Å². The summed E-state index contributed by atoms with van der Waals surface area (Å²) in [7, 11) is 0. The summed E-state index contributed by atoms with van der Waals surface area (Å²) in [4.78, 5) is 0. The van der Waals surface area contributed by atoms with Crippen LogP contribution in [0.2, 0.25) is 0 Å². The highest BCUT2D eigenvalue weighted by Crippen LogP contribution is 2.33. The first-order chi connectivity index (χ1) is 4.93. The van der Waals surface area contributed by atoms with Crippen LogP contribution in [0.3, 0.4) is 0 Å². The Balaban J connectivity index is 1.73. The molecule has 0 nitrogen and oxygen atoms in total. The highest BCUT2D eigenvalue weighted by Gasteiger charge is 2.19. The van der Waals surface area contributed by atoms with Crippen LogP contribution in [-0.2, 0) is 0 Å². The molecule has 1 aliphatic carbocycles. The topological polar surface area (TPSA) is 0 Å². The number of unbranched alkanes of at least 4 members (excludes halogenated alkanes) is 3. The molecule has 1 aliphatic rings. The second-order valence-electron chi connectivity index (χ2n) is 3.22. The molecule has 0 aromatic heterocycles. The average Bonchev–Trinajstić information content (AvgIpc) is 2.71. The Morgan fingerprint density at radius 3 is 2.60 bits per heavy atom. The van der Waals surface area contributed by atoms with E-state index in [0.29, 0.717) is 0 Å². The Hall–Kier alpha value is -0.440. The first-order valence-corrected chi connectivity index (χ1v) is 4.33. The second kappa shape index (κ2) is 4.39. The zero-order valence-electron chi connectivity index (χ0n) is 6.53. The molecule has 0 N–H and O–H groups in total. The molecule has 0 aromatic carbocycles. The Morgan fingerprint density at radius 1 is 1.20 bits per heavy atom. The third kappa shape index (κ3) is 3.56. The molecule has 10 heavy (non-hydrogen) atoms. The molecule has 0 amide bonds. The van der Waals surface area contributed by atoms with Crippen LogP contribution in [0.25, 0.3) is 0 Å². The fourth-order valence-electron chi connectivity index (χ4n) is 1.23. The van der Waals surface area contributed by atoms with Gasteiger partial charge in [0.05, 0.1) is 0 Å². The van der Waals surface area contributed by atoms with Crippen LogP contribution < -0.4 is 0 Å². The minimum absolute atomic E-state index is 0.866. The van der Waals surface area contributed by atoms with E-state index in [2.05, 4.69) is 5.92 Å². The van der Waals surface area contributed by atoms with Crippen molar-refractivity contribution in [2.75, 3.05) is 0 Å². The van der Waals surface area contributed by atoms with Gasteiger partial charge in [-0.05, 0) is 18.8 Å². The first kappa shape index (κ1) is 7.66. The van der Waals surface area contributed by atoms with E-state index in [1.165, 1.54) is 38.5 Å².